The maximum atomic E-state index is 14.6. The van der Waals surface area contributed by atoms with E-state index in [0.717, 1.165) is 11.6 Å². The molecule has 1 fully saturated rings. The number of nitrogens with one attached hydrogen (secondary N) is 2. The number of halogens is 4. The zero-order valence-electron chi connectivity index (χ0n) is 17.6. The molecule has 0 bridgehead atoms. The van der Waals surface area contributed by atoms with Gasteiger partial charge in [-0.15, -0.1) is 0 Å². The Morgan fingerprint density at radius 1 is 1.24 bits per heavy atom. The molecule has 1 aliphatic heterocycles. The van der Waals surface area contributed by atoms with Crippen molar-refractivity contribution in [2.45, 2.75) is 24.8 Å². The van der Waals surface area contributed by atoms with Crippen LogP contribution in [0.2, 0.25) is 0 Å². The Balaban J connectivity index is 1.53. The molecule has 3 aromatic rings. The molecule has 33 heavy (non-hydrogen) atoms. The van der Waals surface area contributed by atoms with Gasteiger partial charge in [0.2, 0.25) is 17.8 Å². The fraction of sp³-hybridized carbons (Fsp3) is 0.333. The minimum absolute atomic E-state index is 0.00495. The summed E-state index contributed by atoms with van der Waals surface area (Å²) in [6.07, 6.45) is -3.01. The molecule has 3 heterocycles. The highest BCUT2D eigenvalue weighted by atomic mass is 19.4. The number of carbonyl (C=O) groups is 1. The Hall–Kier alpha value is -3.70. The van der Waals surface area contributed by atoms with Crippen LogP contribution in [0.1, 0.15) is 12.0 Å². The molecule has 1 amide bonds. The third-order valence-corrected chi connectivity index (χ3v) is 5.30. The highest BCUT2D eigenvalue weighted by Gasteiger charge is 2.32. The molecule has 2 N–H and O–H groups in total. The number of aryl methyl sites for hydroxylation is 1. The molecule has 1 aliphatic rings. The van der Waals surface area contributed by atoms with Crippen LogP contribution in [0.3, 0.4) is 0 Å². The van der Waals surface area contributed by atoms with E-state index in [2.05, 4.69) is 32.2 Å². The predicted molar refractivity (Wildman–Crippen MR) is 116 cm³/mol. The molecule has 2 atom stereocenters. The first-order valence-electron chi connectivity index (χ1n) is 10.1. The van der Waals surface area contributed by atoms with E-state index in [4.69, 9.17) is 0 Å². The summed E-state index contributed by atoms with van der Waals surface area (Å²) >= 11 is 0. The minimum Gasteiger partial charge on any atom is -0.350 e. The second-order valence-corrected chi connectivity index (χ2v) is 7.74. The number of hydrogen-bond acceptors (Lipinski definition) is 6. The van der Waals surface area contributed by atoms with Gasteiger partial charge in [0.25, 0.3) is 0 Å². The summed E-state index contributed by atoms with van der Waals surface area (Å²) in [6, 6.07) is 4.80. The van der Waals surface area contributed by atoms with Crippen molar-refractivity contribution < 1.29 is 22.4 Å². The minimum atomic E-state index is -4.53. The normalized spacial score (nSPS) is 18.9. The molecule has 4 rings (SSSR count). The number of imidazole rings is 1. The van der Waals surface area contributed by atoms with Crippen LogP contribution in [0.15, 0.2) is 43.2 Å². The number of fused-ring (bicyclic) bond motifs is 1. The van der Waals surface area contributed by atoms with Crippen molar-refractivity contribution in [3.05, 3.63) is 48.8 Å². The van der Waals surface area contributed by atoms with Gasteiger partial charge in [0, 0.05) is 44.1 Å². The summed E-state index contributed by atoms with van der Waals surface area (Å²) in [4.78, 5) is 25.3. The predicted octanol–water partition coefficient (Wildman–Crippen LogP) is 3.54. The Morgan fingerprint density at radius 2 is 1.97 bits per heavy atom. The summed E-state index contributed by atoms with van der Waals surface area (Å²) in [5.74, 6) is 0.176. The average molecular weight is 463 g/mol. The summed E-state index contributed by atoms with van der Waals surface area (Å²) < 4.78 is 54.5. The quantitative estimate of drug-likeness (QED) is 0.445. The Morgan fingerprint density at radius 3 is 2.64 bits per heavy atom. The van der Waals surface area contributed by atoms with E-state index in [-0.39, 0.29) is 24.8 Å². The molecule has 2 aromatic heterocycles. The van der Waals surface area contributed by atoms with Crippen molar-refractivity contribution in [1.29, 1.82) is 0 Å². The smallest absolute Gasteiger partial charge is 0.350 e. The monoisotopic (exact) mass is 463 g/mol. The first-order chi connectivity index (χ1) is 15.6. The standard InChI is InChI=1S/C21H21F4N7O/c1-3-18(33)28-14-4-5-17-16(7-14)30-20(31(17)2)32-10-13(22)6-15(11-32)29-19-26-8-12(9-27-19)21(23,24)25/h3-5,7-9,13,15H,1,6,10-11H2,2H3,(H,28,33)(H,26,27,29)/t13-,15-/m1/s1. The lowest BCUT2D eigenvalue weighted by atomic mass is 10.0. The molecule has 0 saturated carbocycles. The number of alkyl halides is 4. The maximum absolute atomic E-state index is 14.6. The molecule has 1 aromatic carbocycles. The fourth-order valence-corrected chi connectivity index (χ4v) is 3.78. The largest absolute Gasteiger partial charge is 0.419 e. The molecule has 174 valence electrons. The summed E-state index contributed by atoms with van der Waals surface area (Å²) in [6.45, 7) is 3.88. The Bertz CT molecular complexity index is 1180. The number of amides is 1. The van der Waals surface area contributed by atoms with Gasteiger partial charge in [-0.25, -0.2) is 19.3 Å². The molecule has 12 heteroatoms. The van der Waals surface area contributed by atoms with E-state index in [0.29, 0.717) is 36.1 Å². The fourth-order valence-electron chi connectivity index (χ4n) is 3.78. The van der Waals surface area contributed by atoms with Crippen molar-refractivity contribution in [1.82, 2.24) is 19.5 Å². The van der Waals surface area contributed by atoms with Gasteiger partial charge in [0.05, 0.1) is 23.1 Å². The molecule has 0 spiro atoms. The van der Waals surface area contributed by atoms with Crippen molar-refractivity contribution in [2.75, 3.05) is 28.6 Å². The second-order valence-electron chi connectivity index (χ2n) is 7.74. The third kappa shape index (κ3) is 4.89. The third-order valence-electron chi connectivity index (χ3n) is 5.30. The zero-order chi connectivity index (χ0) is 23.8. The van der Waals surface area contributed by atoms with Gasteiger partial charge in [-0.3, -0.25) is 4.79 Å². The van der Waals surface area contributed by atoms with E-state index in [1.54, 1.807) is 30.1 Å². The Kier molecular flexibility index (Phi) is 5.91. The molecule has 0 aliphatic carbocycles. The van der Waals surface area contributed by atoms with E-state index in [9.17, 15) is 22.4 Å². The van der Waals surface area contributed by atoms with Crippen LogP contribution in [0.4, 0.5) is 35.1 Å². The SMILES string of the molecule is C=CC(=O)Nc1ccc2c(c1)nc(N1C[C@H](F)C[C@@H](Nc3ncc(C(F)(F)F)cn3)C1)n2C. The Labute approximate surface area is 186 Å². The van der Waals surface area contributed by atoms with Gasteiger partial charge >= 0.3 is 6.18 Å². The second kappa shape index (κ2) is 8.68. The van der Waals surface area contributed by atoms with Gasteiger partial charge < -0.3 is 20.1 Å². The first-order valence-corrected chi connectivity index (χ1v) is 10.1. The van der Waals surface area contributed by atoms with Crippen LogP contribution < -0.4 is 15.5 Å². The van der Waals surface area contributed by atoms with Crippen LogP contribution in [0.25, 0.3) is 11.0 Å². The van der Waals surface area contributed by atoms with Crippen LogP contribution in [0, 0.1) is 0 Å². The van der Waals surface area contributed by atoms with Crippen molar-refractivity contribution in [3.8, 4) is 0 Å². The van der Waals surface area contributed by atoms with E-state index >= 15 is 0 Å². The van der Waals surface area contributed by atoms with Crippen molar-refractivity contribution in [3.63, 3.8) is 0 Å². The summed E-state index contributed by atoms with van der Waals surface area (Å²) in [7, 11) is 1.80. The van der Waals surface area contributed by atoms with Crippen molar-refractivity contribution in [2.24, 2.45) is 7.05 Å². The number of piperidine rings is 1. The van der Waals surface area contributed by atoms with Gasteiger partial charge in [-0.2, -0.15) is 13.2 Å². The molecule has 8 nitrogen and oxygen atoms in total. The van der Waals surface area contributed by atoms with E-state index in [1.165, 1.54) is 0 Å². The average Bonchev–Trinajstić information content (AvgIpc) is 3.09. The van der Waals surface area contributed by atoms with E-state index in [1.807, 2.05) is 4.57 Å². The number of nitrogens with zero attached hydrogens (tertiary/aromatic N) is 5. The van der Waals surface area contributed by atoms with Crippen LogP contribution in [-0.4, -0.2) is 50.7 Å². The topological polar surface area (TPSA) is 88.0 Å². The van der Waals surface area contributed by atoms with Crippen molar-refractivity contribution >= 4 is 34.5 Å². The number of anilines is 3. The molecular weight excluding hydrogens is 442 g/mol. The zero-order valence-corrected chi connectivity index (χ0v) is 17.6. The van der Waals surface area contributed by atoms with Gasteiger partial charge in [0.1, 0.15) is 6.17 Å². The van der Waals surface area contributed by atoms with Crippen LogP contribution in [0.5, 0.6) is 0 Å². The number of benzene rings is 1. The molecule has 0 radical (unpaired) electrons. The summed E-state index contributed by atoms with van der Waals surface area (Å²) in [5, 5.41) is 5.59. The molecule has 0 unspecified atom stereocenters. The number of hydrogen-bond donors (Lipinski definition) is 2. The van der Waals surface area contributed by atoms with Gasteiger partial charge in [0.15, 0.2) is 0 Å². The molecular formula is C21H21F4N7O. The van der Waals surface area contributed by atoms with Crippen LogP contribution in [-0.2, 0) is 18.0 Å². The highest BCUT2D eigenvalue weighted by molar-refractivity contribution is 6.00. The lowest BCUT2D eigenvalue weighted by Crippen LogP contribution is -2.48. The lowest BCUT2D eigenvalue weighted by Gasteiger charge is -2.35. The first kappa shape index (κ1) is 22.5. The number of carbonyl (C=O) groups excluding carboxylic acids is 1. The van der Waals surface area contributed by atoms with Gasteiger partial charge in [-0.05, 0) is 24.3 Å². The highest BCUT2D eigenvalue weighted by Crippen LogP contribution is 2.29. The van der Waals surface area contributed by atoms with E-state index < -0.39 is 24.0 Å². The number of aromatic nitrogens is 4. The number of rotatable bonds is 5. The lowest BCUT2D eigenvalue weighted by molar-refractivity contribution is -0.138. The maximum Gasteiger partial charge on any atom is 0.419 e. The van der Waals surface area contributed by atoms with Crippen LogP contribution >= 0.6 is 0 Å². The van der Waals surface area contributed by atoms with Gasteiger partial charge in [-0.1, -0.05) is 6.58 Å². The molecule has 1 saturated heterocycles. The summed E-state index contributed by atoms with van der Waals surface area (Å²) in [5.41, 5.74) is 1.01.